The molecule has 0 saturated heterocycles. The van der Waals surface area contributed by atoms with Crippen LogP contribution < -0.4 is 5.32 Å². The maximum Gasteiger partial charge on any atom is 0.145 e. The second kappa shape index (κ2) is 5.81. The van der Waals surface area contributed by atoms with Crippen LogP contribution in [0.3, 0.4) is 0 Å². The molecule has 2 rings (SSSR count). The lowest BCUT2D eigenvalue weighted by Gasteiger charge is -2.08. The van der Waals surface area contributed by atoms with Crippen molar-refractivity contribution in [2.24, 2.45) is 0 Å². The van der Waals surface area contributed by atoms with Gasteiger partial charge in [0.25, 0.3) is 0 Å². The minimum Gasteiger partial charge on any atom is -0.381 e. The SMILES string of the molecule is N#Cc1cccc(CNc2ccc(F)c(Br)c2)c1F. The third kappa shape index (κ3) is 3.09. The quantitative estimate of drug-likeness (QED) is 0.918. The lowest BCUT2D eigenvalue weighted by molar-refractivity contribution is 0.609. The highest BCUT2D eigenvalue weighted by molar-refractivity contribution is 9.10. The molecule has 0 aliphatic carbocycles. The number of anilines is 1. The molecule has 0 unspecified atom stereocenters. The van der Waals surface area contributed by atoms with Crippen molar-refractivity contribution in [3.8, 4) is 6.07 Å². The van der Waals surface area contributed by atoms with Crippen LogP contribution in [0.15, 0.2) is 40.9 Å². The van der Waals surface area contributed by atoms with Crippen LogP contribution in [0, 0.1) is 23.0 Å². The molecule has 1 N–H and O–H groups in total. The minimum atomic E-state index is -0.529. The van der Waals surface area contributed by atoms with Crippen molar-refractivity contribution in [2.75, 3.05) is 5.32 Å². The van der Waals surface area contributed by atoms with E-state index in [0.717, 1.165) is 0 Å². The molecule has 0 heterocycles. The highest BCUT2D eigenvalue weighted by Gasteiger charge is 2.07. The van der Waals surface area contributed by atoms with Gasteiger partial charge in [-0.1, -0.05) is 12.1 Å². The second-order valence-electron chi connectivity index (χ2n) is 3.87. The van der Waals surface area contributed by atoms with Gasteiger partial charge < -0.3 is 5.32 Å². The zero-order valence-corrected chi connectivity index (χ0v) is 11.3. The number of nitrogens with zero attached hydrogens (tertiary/aromatic N) is 1. The molecule has 0 saturated carbocycles. The summed E-state index contributed by atoms with van der Waals surface area (Å²) in [4.78, 5) is 0. The largest absolute Gasteiger partial charge is 0.381 e. The van der Waals surface area contributed by atoms with Gasteiger partial charge in [-0.3, -0.25) is 0 Å². The molecular weight excluding hydrogens is 314 g/mol. The van der Waals surface area contributed by atoms with Crippen LogP contribution in [0.4, 0.5) is 14.5 Å². The van der Waals surface area contributed by atoms with E-state index in [4.69, 9.17) is 5.26 Å². The van der Waals surface area contributed by atoms with Crippen LogP contribution in [0.25, 0.3) is 0 Å². The number of hydrogen-bond acceptors (Lipinski definition) is 2. The summed E-state index contributed by atoms with van der Waals surface area (Å²) in [6, 6.07) is 10.9. The van der Waals surface area contributed by atoms with Crippen LogP contribution >= 0.6 is 15.9 Å². The number of hydrogen-bond donors (Lipinski definition) is 1. The lowest BCUT2D eigenvalue weighted by Crippen LogP contribution is -2.03. The van der Waals surface area contributed by atoms with Crippen LogP contribution in [0.1, 0.15) is 11.1 Å². The molecule has 5 heteroatoms. The van der Waals surface area contributed by atoms with Crippen molar-refractivity contribution < 1.29 is 8.78 Å². The summed E-state index contributed by atoms with van der Waals surface area (Å²) in [5.41, 5.74) is 1.06. The Morgan fingerprint density at radius 1 is 1.21 bits per heavy atom. The molecule has 0 amide bonds. The first-order chi connectivity index (χ1) is 9.11. The summed E-state index contributed by atoms with van der Waals surface area (Å²) >= 11 is 3.08. The third-order valence-electron chi connectivity index (χ3n) is 2.60. The Morgan fingerprint density at radius 2 is 2.00 bits per heavy atom. The van der Waals surface area contributed by atoms with Crippen molar-refractivity contribution >= 4 is 21.6 Å². The van der Waals surface area contributed by atoms with Crippen molar-refractivity contribution in [3.05, 3.63) is 63.6 Å². The highest BCUT2D eigenvalue weighted by atomic mass is 79.9. The van der Waals surface area contributed by atoms with E-state index in [2.05, 4.69) is 21.2 Å². The zero-order chi connectivity index (χ0) is 13.8. The van der Waals surface area contributed by atoms with Crippen LogP contribution in [0.5, 0.6) is 0 Å². The standard InChI is InChI=1S/C14H9BrF2N2/c15-12-6-11(4-5-13(12)16)19-8-10-3-1-2-9(7-18)14(10)17/h1-6,19H,8H2. The summed E-state index contributed by atoms with van der Waals surface area (Å²) in [7, 11) is 0. The maximum absolute atomic E-state index is 13.8. The van der Waals surface area contributed by atoms with E-state index in [9.17, 15) is 8.78 Å². The molecule has 2 aromatic carbocycles. The maximum atomic E-state index is 13.8. The van der Waals surface area contributed by atoms with Gasteiger partial charge in [0.2, 0.25) is 0 Å². The van der Waals surface area contributed by atoms with E-state index < -0.39 is 5.82 Å². The van der Waals surface area contributed by atoms with Crippen molar-refractivity contribution in [3.63, 3.8) is 0 Å². The lowest BCUT2D eigenvalue weighted by atomic mass is 10.1. The van der Waals surface area contributed by atoms with Crippen molar-refractivity contribution in [1.82, 2.24) is 0 Å². The molecule has 0 fully saturated rings. The van der Waals surface area contributed by atoms with Gasteiger partial charge in [0.1, 0.15) is 17.7 Å². The molecule has 0 bridgehead atoms. The van der Waals surface area contributed by atoms with Gasteiger partial charge in [0.05, 0.1) is 10.0 Å². The summed E-state index contributed by atoms with van der Waals surface area (Å²) in [6.07, 6.45) is 0. The predicted octanol–water partition coefficient (Wildman–Crippen LogP) is 4.21. The Balaban J connectivity index is 2.15. The molecule has 2 aromatic rings. The zero-order valence-electron chi connectivity index (χ0n) is 9.75. The van der Waals surface area contributed by atoms with E-state index in [1.807, 2.05) is 0 Å². The van der Waals surface area contributed by atoms with E-state index in [-0.39, 0.29) is 17.9 Å². The molecule has 0 aromatic heterocycles. The Labute approximate surface area is 117 Å². The molecule has 0 atom stereocenters. The Kier molecular flexibility index (Phi) is 4.13. The van der Waals surface area contributed by atoms with Crippen LogP contribution in [-0.2, 0) is 6.54 Å². The van der Waals surface area contributed by atoms with Gasteiger partial charge in [-0.05, 0) is 40.2 Å². The average Bonchev–Trinajstić information content (AvgIpc) is 2.41. The monoisotopic (exact) mass is 322 g/mol. The van der Waals surface area contributed by atoms with Gasteiger partial charge in [-0.25, -0.2) is 8.78 Å². The van der Waals surface area contributed by atoms with Gasteiger partial charge in [-0.15, -0.1) is 0 Å². The van der Waals surface area contributed by atoms with E-state index in [0.29, 0.717) is 15.7 Å². The van der Waals surface area contributed by atoms with Crippen molar-refractivity contribution in [1.29, 1.82) is 5.26 Å². The summed E-state index contributed by atoms with van der Waals surface area (Å²) < 4.78 is 27.2. The van der Waals surface area contributed by atoms with Gasteiger partial charge >= 0.3 is 0 Å². The summed E-state index contributed by atoms with van der Waals surface area (Å²) in [5, 5.41) is 11.7. The molecule has 2 nitrogen and oxygen atoms in total. The minimum absolute atomic E-state index is 0.0135. The predicted molar refractivity (Wildman–Crippen MR) is 72.5 cm³/mol. The fourth-order valence-electron chi connectivity index (χ4n) is 1.61. The molecule has 0 radical (unpaired) electrons. The fourth-order valence-corrected chi connectivity index (χ4v) is 1.98. The average molecular weight is 323 g/mol. The van der Waals surface area contributed by atoms with E-state index in [1.54, 1.807) is 30.3 Å². The molecular formula is C14H9BrF2N2. The Hall–Kier alpha value is -1.93. The number of rotatable bonds is 3. The number of nitrogens with one attached hydrogen (secondary N) is 1. The first-order valence-corrected chi connectivity index (χ1v) is 6.27. The number of nitriles is 1. The molecule has 19 heavy (non-hydrogen) atoms. The van der Waals surface area contributed by atoms with E-state index >= 15 is 0 Å². The number of benzene rings is 2. The number of halogens is 3. The highest BCUT2D eigenvalue weighted by Crippen LogP contribution is 2.21. The first-order valence-electron chi connectivity index (χ1n) is 5.48. The van der Waals surface area contributed by atoms with E-state index in [1.165, 1.54) is 12.1 Å². The molecule has 0 spiro atoms. The fraction of sp³-hybridized carbons (Fsp3) is 0.0714. The summed E-state index contributed by atoms with van der Waals surface area (Å²) in [5.74, 6) is -0.887. The molecule has 96 valence electrons. The van der Waals surface area contributed by atoms with Gasteiger partial charge in [-0.2, -0.15) is 5.26 Å². The molecule has 0 aliphatic heterocycles. The van der Waals surface area contributed by atoms with Crippen LogP contribution in [0.2, 0.25) is 0 Å². The van der Waals surface area contributed by atoms with Crippen LogP contribution in [-0.4, -0.2) is 0 Å². The third-order valence-corrected chi connectivity index (χ3v) is 3.21. The normalized spacial score (nSPS) is 10.0. The van der Waals surface area contributed by atoms with Gasteiger partial charge in [0.15, 0.2) is 0 Å². The van der Waals surface area contributed by atoms with Crippen molar-refractivity contribution in [2.45, 2.75) is 6.54 Å². The topological polar surface area (TPSA) is 35.8 Å². The first kappa shape index (κ1) is 13.5. The Bertz CT molecular complexity index is 650. The summed E-state index contributed by atoms with van der Waals surface area (Å²) in [6.45, 7) is 0.222. The molecule has 0 aliphatic rings. The smallest absolute Gasteiger partial charge is 0.145 e. The Morgan fingerprint density at radius 3 is 2.68 bits per heavy atom. The second-order valence-corrected chi connectivity index (χ2v) is 4.73. The van der Waals surface area contributed by atoms with Gasteiger partial charge in [0, 0.05) is 17.8 Å².